The van der Waals surface area contributed by atoms with Crippen molar-refractivity contribution in [3.8, 4) is 6.07 Å². The Bertz CT molecular complexity index is 467. The molecule has 2 rings (SSSR count). The highest BCUT2D eigenvalue weighted by Crippen LogP contribution is 2.30. The van der Waals surface area contributed by atoms with Gasteiger partial charge in [-0.25, -0.2) is 0 Å². The zero-order valence-corrected chi connectivity index (χ0v) is 11.9. The predicted molar refractivity (Wildman–Crippen MR) is 80.0 cm³/mol. The number of nitriles is 1. The number of nitrogens with zero attached hydrogens (tertiary/aromatic N) is 2. The standard InChI is InChI=1S/C16H23N3/c1-12(2)11-19(14-5-3-4-6-14)15-7-8-16(18)13(9-15)10-17/h7-9,12,14H,3-6,11,18H2,1-2H3. The van der Waals surface area contributed by atoms with Crippen molar-refractivity contribution in [2.24, 2.45) is 5.92 Å². The molecule has 0 radical (unpaired) electrons. The van der Waals surface area contributed by atoms with Crippen LogP contribution in [0.4, 0.5) is 11.4 Å². The number of rotatable bonds is 4. The van der Waals surface area contributed by atoms with E-state index in [1.165, 1.54) is 25.7 Å². The van der Waals surface area contributed by atoms with E-state index in [9.17, 15) is 0 Å². The molecule has 0 amide bonds. The average Bonchev–Trinajstić information content (AvgIpc) is 2.90. The van der Waals surface area contributed by atoms with E-state index in [2.05, 4.69) is 30.9 Å². The molecule has 102 valence electrons. The molecule has 3 nitrogen and oxygen atoms in total. The molecule has 0 saturated heterocycles. The van der Waals surface area contributed by atoms with E-state index in [0.29, 0.717) is 23.2 Å². The number of nitrogens with two attached hydrogens (primary N) is 1. The smallest absolute Gasteiger partial charge is 0.101 e. The Kier molecular flexibility index (Phi) is 4.31. The van der Waals surface area contributed by atoms with Gasteiger partial charge in [0.2, 0.25) is 0 Å². The topological polar surface area (TPSA) is 53.0 Å². The molecular weight excluding hydrogens is 234 g/mol. The van der Waals surface area contributed by atoms with Gasteiger partial charge in [-0.05, 0) is 37.0 Å². The zero-order chi connectivity index (χ0) is 13.8. The van der Waals surface area contributed by atoms with Crippen molar-refractivity contribution in [1.29, 1.82) is 5.26 Å². The van der Waals surface area contributed by atoms with Crippen LogP contribution in [0.5, 0.6) is 0 Å². The molecule has 1 fully saturated rings. The van der Waals surface area contributed by atoms with Crippen molar-refractivity contribution < 1.29 is 0 Å². The third kappa shape index (κ3) is 3.20. The quantitative estimate of drug-likeness (QED) is 0.839. The van der Waals surface area contributed by atoms with Gasteiger partial charge in [-0.2, -0.15) is 5.26 Å². The SMILES string of the molecule is CC(C)CN(c1ccc(N)c(C#N)c1)C1CCCC1. The molecule has 3 heteroatoms. The summed E-state index contributed by atoms with van der Waals surface area (Å²) in [4.78, 5) is 2.47. The lowest BCUT2D eigenvalue weighted by atomic mass is 10.1. The molecule has 0 aromatic heterocycles. The van der Waals surface area contributed by atoms with Gasteiger partial charge in [-0.1, -0.05) is 26.7 Å². The summed E-state index contributed by atoms with van der Waals surface area (Å²) in [6, 6.07) is 8.66. The normalized spacial score (nSPS) is 15.7. The summed E-state index contributed by atoms with van der Waals surface area (Å²) < 4.78 is 0. The summed E-state index contributed by atoms with van der Waals surface area (Å²) in [6.45, 7) is 5.52. The first kappa shape index (κ1) is 13.7. The minimum absolute atomic E-state index is 0.571. The van der Waals surface area contributed by atoms with E-state index >= 15 is 0 Å². The van der Waals surface area contributed by atoms with E-state index in [-0.39, 0.29) is 0 Å². The van der Waals surface area contributed by atoms with Gasteiger partial charge in [0.1, 0.15) is 6.07 Å². The summed E-state index contributed by atoms with van der Waals surface area (Å²) in [6.07, 6.45) is 5.16. The van der Waals surface area contributed by atoms with Crippen LogP contribution in [0.3, 0.4) is 0 Å². The van der Waals surface area contributed by atoms with Gasteiger partial charge < -0.3 is 10.6 Å². The molecule has 0 bridgehead atoms. The van der Waals surface area contributed by atoms with Crippen LogP contribution in [-0.4, -0.2) is 12.6 Å². The fourth-order valence-electron chi connectivity index (χ4n) is 2.89. The predicted octanol–water partition coefficient (Wildman–Crippen LogP) is 3.55. The summed E-state index contributed by atoms with van der Waals surface area (Å²) in [5.41, 5.74) is 8.12. The Balaban J connectivity index is 2.29. The molecule has 19 heavy (non-hydrogen) atoms. The second-order valence-electron chi connectivity index (χ2n) is 5.87. The molecule has 1 aliphatic carbocycles. The highest BCUT2D eigenvalue weighted by Gasteiger charge is 2.23. The minimum Gasteiger partial charge on any atom is -0.398 e. The number of nitrogen functional groups attached to an aromatic ring is 1. The lowest BCUT2D eigenvalue weighted by molar-refractivity contribution is 0.536. The van der Waals surface area contributed by atoms with Crippen LogP contribution >= 0.6 is 0 Å². The zero-order valence-electron chi connectivity index (χ0n) is 11.9. The van der Waals surface area contributed by atoms with Gasteiger partial charge in [0.25, 0.3) is 0 Å². The van der Waals surface area contributed by atoms with Crippen LogP contribution in [0.15, 0.2) is 18.2 Å². The first-order chi connectivity index (χ1) is 9.11. The lowest BCUT2D eigenvalue weighted by Crippen LogP contribution is -2.36. The fourth-order valence-corrected chi connectivity index (χ4v) is 2.89. The largest absolute Gasteiger partial charge is 0.398 e. The van der Waals surface area contributed by atoms with Crippen LogP contribution in [0.2, 0.25) is 0 Å². The third-order valence-electron chi connectivity index (χ3n) is 3.82. The molecule has 1 saturated carbocycles. The number of anilines is 2. The first-order valence-electron chi connectivity index (χ1n) is 7.18. The highest BCUT2D eigenvalue weighted by atomic mass is 15.2. The van der Waals surface area contributed by atoms with Crippen LogP contribution in [0, 0.1) is 17.2 Å². The summed E-state index contributed by atoms with van der Waals surface area (Å²) in [7, 11) is 0. The molecule has 0 aliphatic heterocycles. The summed E-state index contributed by atoms with van der Waals surface area (Å²) >= 11 is 0. The second kappa shape index (κ2) is 5.97. The van der Waals surface area contributed by atoms with Gasteiger partial charge in [0, 0.05) is 24.0 Å². The van der Waals surface area contributed by atoms with Crippen molar-refractivity contribution in [2.75, 3.05) is 17.2 Å². The van der Waals surface area contributed by atoms with Gasteiger partial charge >= 0.3 is 0 Å². The van der Waals surface area contributed by atoms with Crippen molar-refractivity contribution in [3.05, 3.63) is 23.8 Å². The second-order valence-corrected chi connectivity index (χ2v) is 5.87. The van der Waals surface area contributed by atoms with Crippen LogP contribution < -0.4 is 10.6 Å². The maximum atomic E-state index is 9.12. The molecule has 0 atom stereocenters. The van der Waals surface area contributed by atoms with E-state index in [0.717, 1.165) is 12.2 Å². The number of benzene rings is 1. The summed E-state index contributed by atoms with van der Waals surface area (Å²) in [5, 5.41) is 9.12. The van der Waals surface area contributed by atoms with Crippen molar-refractivity contribution in [3.63, 3.8) is 0 Å². The Morgan fingerprint density at radius 3 is 2.63 bits per heavy atom. The molecule has 1 aliphatic rings. The number of hydrogen-bond acceptors (Lipinski definition) is 3. The van der Waals surface area contributed by atoms with Crippen molar-refractivity contribution in [1.82, 2.24) is 0 Å². The monoisotopic (exact) mass is 257 g/mol. The molecule has 1 aromatic rings. The average molecular weight is 257 g/mol. The van der Waals surface area contributed by atoms with Gasteiger partial charge in [0.15, 0.2) is 0 Å². The molecule has 0 heterocycles. The van der Waals surface area contributed by atoms with Crippen LogP contribution in [0.25, 0.3) is 0 Å². The van der Waals surface area contributed by atoms with E-state index in [4.69, 9.17) is 11.0 Å². The number of hydrogen-bond donors (Lipinski definition) is 1. The maximum Gasteiger partial charge on any atom is 0.101 e. The van der Waals surface area contributed by atoms with Gasteiger partial charge in [-0.15, -0.1) is 0 Å². The Morgan fingerprint density at radius 1 is 1.37 bits per heavy atom. The molecule has 0 unspecified atom stereocenters. The van der Waals surface area contributed by atoms with Crippen LogP contribution in [0.1, 0.15) is 45.1 Å². The molecular formula is C16H23N3. The fraction of sp³-hybridized carbons (Fsp3) is 0.562. The Labute approximate surface area is 116 Å². The van der Waals surface area contributed by atoms with E-state index in [1.54, 1.807) is 0 Å². The lowest BCUT2D eigenvalue weighted by Gasteiger charge is -2.33. The van der Waals surface area contributed by atoms with Crippen molar-refractivity contribution >= 4 is 11.4 Å². The van der Waals surface area contributed by atoms with Gasteiger partial charge in [0.05, 0.1) is 5.56 Å². The Hall–Kier alpha value is -1.69. The third-order valence-corrected chi connectivity index (χ3v) is 3.82. The van der Waals surface area contributed by atoms with E-state index < -0.39 is 0 Å². The first-order valence-corrected chi connectivity index (χ1v) is 7.18. The summed E-state index contributed by atoms with van der Waals surface area (Å²) in [5.74, 6) is 0.615. The van der Waals surface area contributed by atoms with Crippen LogP contribution in [-0.2, 0) is 0 Å². The molecule has 2 N–H and O–H groups in total. The molecule has 1 aromatic carbocycles. The van der Waals surface area contributed by atoms with Gasteiger partial charge in [-0.3, -0.25) is 0 Å². The highest BCUT2D eigenvalue weighted by molar-refractivity contribution is 5.63. The molecule has 0 spiro atoms. The van der Waals surface area contributed by atoms with E-state index in [1.807, 2.05) is 12.1 Å². The maximum absolute atomic E-state index is 9.12. The van der Waals surface area contributed by atoms with Crippen molar-refractivity contribution in [2.45, 2.75) is 45.6 Å². The Morgan fingerprint density at radius 2 is 2.05 bits per heavy atom. The minimum atomic E-state index is 0.571.